The van der Waals surface area contributed by atoms with Crippen molar-refractivity contribution in [2.75, 3.05) is 39.4 Å². The van der Waals surface area contributed by atoms with Crippen molar-refractivity contribution in [3.8, 4) is 0 Å². The minimum atomic E-state index is -0.500. The van der Waals surface area contributed by atoms with Crippen molar-refractivity contribution in [2.45, 2.75) is 63.6 Å². The van der Waals surface area contributed by atoms with Crippen LogP contribution in [0.1, 0.15) is 39.5 Å². The molecular formula is C17H30N2O5. The molecule has 3 aliphatic heterocycles. The normalized spacial score (nSPS) is 34.8. The summed E-state index contributed by atoms with van der Waals surface area (Å²) in [6.45, 7) is 8.99. The van der Waals surface area contributed by atoms with Gasteiger partial charge < -0.3 is 24.3 Å². The lowest BCUT2D eigenvalue weighted by atomic mass is 10.0. The molecule has 3 heterocycles. The molecule has 1 N–H and O–H groups in total. The van der Waals surface area contributed by atoms with Crippen LogP contribution in [0, 0.1) is 0 Å². The summed E-state index contributed by atoms with van der Waals surface area (Å²) in [7, 11) is 0. The van der Waals surface area contributed by atoms with Crippen LogP contribution in [0.5, 0.6) is 0 Å². The molecule has 138 valence electrons. The second-order valence-electron chi connectivity index (χ2n) is 7.11. The van der Waals surface area contributed by atoms with E-state index in [0.29, 0.717) is 6.54 Å². The average molecular weight is 342 g/mol. The summed E-state index contributed by atoms with van der Waals surface area (Å²) in [5.41, 5.74) is 0. The molecule has 0 unspecified atom stereocenters. The Hall–Kier alpha value is -0.890. The van der Waals surface area contributed by atoms with Gasteiger partial charge in [-0.2, -0.15) is 0 Å². The quantitative estimate of drug-likeness (QED) is 0.738. The number of rotatable bonds is 6. The molecule has 7 heteroatoms. The number of alkyl carbamates (subject to hydrolysis) is 1. The number of carbonyl (C=O) groups excluding carboxylic acids is 1. The number of ether oxygens (including phenoxy) is 4. The zero-order valence-corrected chi connectivity index (χ0v) is 14.8. The summed E-state index contributed by atoms with van der Waals surface area (Å²) in [5, 5.41) is 2.83. The number of morpholine rings is 1. The van der Waals surface area contributed by atoms with E-state index in [0.717, 1.165) is 58.5 Å². The van der Waals surface area contributed by atoms with Crippen LogP contribution < -0.4 is 5.32 Å². The van der Waals surface area contributed by atoms with Gasteiger partial charge in [0, 0.05) is 26.1 Å². The second kappa shape index (κ2) is 7.99. The van der Waals surface area contributed by atoms with Gasteiger partial charge in [0.1, 0.15) is 12.2 Å². The summed E-state index contributed by atoms with van der Waals surface area (Å²) >= 11 is 0. The molecule has 24 heavy (non-hydrogen) atoms. The lowest BCUT2D eigenvalue weighted by Gasteiger charge is -2.26. The molecule has 3 fully saturated rings. The molecular weight excluding hydrogens is 312 g/mol. The minimum Gasteiger partial charge on any atom is -0.444 e. The van der Waals surface area contributed by atoms with Gasteiger partial charge in [0.15, 0.2) is 5.79 Å². The largest absolute Gasteiger partial charge is 0.444 e. The Bertz CT molecular complexity index is 429. The van der Waals surface area contributed by atoms with Gasteiger partial charge in [0.25, 0.3) is 0 Å². The fourth-order valence-corrected chi connectivity index (χ4v) is 3.74. The number of nitrogens with zero attached hydrogens (tertiary/aromatic N) is 1. The van der Waals surface area contributed by atoms with Gasteiger partial charge in [0.2, 0.25) is 0 Å². The fourth-order valence-electron chi connectivity index (χ4n) is 3.74. The van der Waals surface area contributed by atoms with Crippen molar-refractivity contribution < 1.29 is 23.7 Å². The van der Waals surface area contributed by atoms with E-state index in [1.54, 1.807) is 0 Å². The van der Waals surface area contributed by atoms with Gasteiger partial charge in [-0.3, -0.25) is 4.90 Å². The molecule has 0 aromatic rings. The summed E-state index contributed by atoms with van der Waals surface area (Å²) < 4.78 is 22.7. The fraction of sp³-hybridized carbons (Fsp3) is 0.941. The number of hydrogen-bond acceptors (Lipinski definition) is 6. The van der Waals surface area contributed by atoms with E-state index in [9.17, 15) is 4.79 Å². The molecule has 0 spiro atoms. The summed E-state index contributed by atoms with van der Waals surface area (Å²) in [4.78, 5) is 14.3. The molecule has 7 nitrogen and oxygen atoms in total. The number of nitrogens with one attached hydrogen (secondary N) is 1. The summed E-state index contributed by atoms with van der Waals surface area (Å²) in [5.74, 6) is -0.500. The zero-order valence-electron chi connectivity index (χ0n) is 14.8. The van der Waals surface area contributed by atoms with Crippen molar-refractivity contribution in [3.63, 3.8) is 0 Å². The molecule has 4 atom stereocenters. The number of hydrogen-bond donors (Lipinski definition) is 1. The third-order valence-corrected chi connectivity index (χ3v) is 5.05. The average Bonchev–Trinajstić information content (AvgIpc) is 2.81. The van der Waals surface area contributed by atoms with Gasteiger partial charge in [-0.25, -0.2) is 4.79 Å². The van der Waals surface area contributed by atoms with Crippen molar-refractivity contribution in [2.24, 2.45) is 0 Å². The SMILES string of the molecule is C[C@H](OC(=O)NCCCN1CCOCC1)[C@@H]1O[C@@]2(C)CCC[C@@H]1O2. The predicted octanol–water partition coefficient (Wildman–Crippen LogP) is 1.51. The van der Waals surface area contributed by atoms with Crippen LogP contribution in [-0.4, -0.2) is 74.5 Å². The number of amides is 1. The van der Waals surface area contributed by atoms with Crippen LogP contribution in [0.15, 0.2) is 0 Å². The summed E-state index contributed by atoms with van der Waals surface area (Å²) in [6, 6.07) is 0. The van der Waals surface area contributed by atoms with Gasteiger partial charge in [-0.05, 0) is 39.7 Å². The van der Waals surface area contributed by atoms with Crippen molar-refractivity contribution >= 4 is 6.09 Å². The predicted molar refractivity (Wildman–Crippen MR) is 87.8 cm³/mol. The van der Waals surface area contributed by atoms with E-state index in [-0.39, 0.29) is 24.4 Å². The van der Waals surface area contributed by atoms with E-state index in [1.807, 2.05) is 13.8 Å². The highest BCUT2D eigenvalue weighted by molar-refractivity contribution is 5.67. The highest BCUT2D eigenvalue weighted by Gasteiger charge is 2.49. The van der Waals surface area contributed by atoms with E-state index < -0.39 is 5.79 Å². The first-order valence-electron chi connectivity index (χ1n) is 9.16. The van der Waals surface area contributed by atoms with E-state index in [4.69, 9.17) is 18.9 Å². The Morgan fingerprint density at radius 3 is 2.92 bits per heavy atom. The molecule has 3 aliphatic rings. The van der Waals surface area contributed by atoms with E-state index in [2.05, 4.69) is 10.2 Å². The Labute approximate surface area is 143 Å². The van der Waals surface area contributed by atoms with Crippen LogP contribution in [0.2, 0.25) is 0 Å². The van der Waals surface area contributed by atoms with Crippen LogP contribution in [-0.2, 0) is 18.9 Å². The minimum absolute atomic E-state index is 0.0351. The Kier molecular flexibility index (Phi) is 5.97. The van der Waals surface area contributed by atoms with Gasteiger partial charge in [0.05, 0.1) is 19.3 Å². The van der Waals surface area contributed by atoms with Crippen LogP contribution >= 0.6 is 0 Å². The van der Waals surface area contributed by atoms with Gasteiger partial charge in [-0.1, -0.05) is 0 Å². The first-order chi connectivity index (χ1) is 11.6. The molecule has 3 saturated heterocycles. The standard InChI is InChI=1S/C17H30N2O5/c1-13(15-14-5-3-6-17(2,23-14)24-15)22-16(20)18-7-4-8-19-9-11-21-12-10-19/h13-15H,3-12H2,1-2H3,(H,18,20)/t13-,14-,15-,17-/m0/s1. The lowest BCUT2D eigenvalue weighted by Crippen LogP contribution is -2.40. The van der Waals surface area contributed by atoms with Crippen LogP contribution in [0.4, 0.5) is 4.79 Å². The number of carbonyl (C=O) groups is 1. The van der Waals surface area contributed by atoms with E-state index >= 15 is 0 Å². The maximum absolute atomic E-state index is 12.0. The molecule has 2 bridgehead atoms. The monoisotopic (exact) mass is 342 g/mol. The lowest BCUT2D eigenvalue weighted by molar-refractivity contribution is -0.183. The first kappa shape index (κ1) is 17.9. The van der Waals surface area contributed by atoms with Gasteiger partial charge >= 0.3 is 6.09 Å². The highest BCUT2D eigenvalue weighted by atomic mass is 16.8. The van der Waals surface area contributed by atoms with Crippen LogP contribution in [0.25, 0.3) is 0 Å². The summed E-state index contributed by atoms with van der Waals surface area (Å²) in [6.07, 6.45) is 3.05. The Balaban J connectivity index is 1.33. The molecule has 1 amide bonds. The highest BCUT2D eigenvalue weighted by Crippen LogP contribution is 2.41. The molecule has 0 aromatic heterocycles. The van der Waals surface area contributed by atoms with Crippen molar-refractivity contribution in [3.05, 3.63) is 0 Å². The first-order valence-corrected chi connectivity index (χ1v) is 9.16. The topological polar surface area (TPSA) is 69.3 Å². The third-order valence-electron chi connectivity index (χ3n) is 5.05. The van der Waals surface area contributed by atoms with E-state index in [1.165, 1.54) is 0 Å². The Morgan fingerprint density at radius 1 is 1.38 bits per heavy atom. The van der Waals surface area contributed by atoms with Gasteiger partial charge in [-0.15, -0.1) is 0 Å². The third kappa shape index (κ3) is 4.59. The Morgan fingerprint density at radius 2 is 2.17 bits per heavy atom. The maximum atomic E-state index is 12.0. The molecule has 0 aliphatic carbocycles. The van der Waals surface area contributed by atoms with Crippen molar-refractivity contribution in [1.82, 2.24) is 10.2 Å². The second-order valence-corrected chi connectivity index (χ2v) is 7.11. The smallest absolute Gasteiger partial charge is 0.407 e. The molecule has 0 saturated carbocycles. The molecule has 0 radical (unpaired) electrons. The number of fused-ring (bicyclic) bond motifs is 2. The zero-order chi connectivity index (χ0) is 17.0. The van der Waals surface area contributed by atoms with Crippen molar-refractivity contribution in [1.29, 1.82) is 0 Å². The van der Waals surface area contributed by atoms with Crippen LogP contribution in [0.3, 0.4) is 0 Å². The molecule has 3 rings (SSSR count). The molecule has 0 aromatic carbocycles. The maximum Gasteiger partial charge on any atom is 0.407 e.